The molecule has 2 aromatic carbocycles. The predicted molar refractivity (Wildman–Crippen MR) is 122 cm³/mol. The zero-order valence-corrected chi connectivity index (χ0v) is 18.3. The van der Waals surface area contributed by atoms with Crippen LogP contribution in [0.5, 0.6) is 0 Å². The molecule has 0 saturated heterocycles. The number of ether oxygens (including phenoxy) is 1. The highest BCUT2D eigenvalue weighted by molar-refractivity contribution is 5.93. The smallest absolute Gasteiger partial charge is 0.338 e. The summed E-state index contributed by atoms with van der Waals surface area (Å²) in [7, 11) is 0. The predicted octanol–water partition coefficient (Wildman–Crippen LogP) is 1.68. The molecule has 4 rings (SSSR count). The minimum Gasteiger partial charge on any atom is -0.462 e. The average Bonchev–Trinajstić information content (AvgIpc) is 3.22. The lowest BCUT2D eigenvalue weighted by Gasteiger charge is -2.18. The molecule has 1 amide bonds. The van der Waals surface area contributed by atoms with Gasteiger partial charge in [-0.15, -0.1) is 5.10 Å². The van der Waals surface area contributed by atoms with Crippen LogP contribution >= 0.6 is 0 Å². The molecule has 2 heterocycles. The molecule has 0 bridgehead atoms. The molecule has 0 fully saturated rings. The van der Waals surface area contributed by atoms with Crippen LogP contribution < -0.4 is 21.3 Å². The van der Waals surface area contributed by atoms with Gasteiger partial charge in [0.15, 0.2) is 0 Å². The van der Waals surface area contributed by atoms with Gasteiger partial charge in [-0.2, -0.15) is 0 Å². The topological polar surface area (TPSA) is 116 Å². The summed E-state index contributed by atoms with van der Waals surface area (Å²) in [6.07, 6.45) is 0. The highest BCUT2D eigenvalue weighted by Crippen LogP contribution is 2.26. The van der Waals surface area contributed by atoms with Crippen molar-refractivity contribution in [3.8, 4) is 0 Å². The normalized spacial score (nSPS) is 12.4. The van der Waals surface area contributed by atoms with Crippen molar-refractivity contribution in [3.05, 3.63) is 80.4 Å². The molecule has 0 aliphatic carbocycles. The molecule has 1 aliphatic rings. The van der Waals surface area contributed by atoms with Crippen LogP contribution in [0.1, 0.15) is 22.8 Å². The third-order valence-electron chi connectivity index (χ3n) is 5.22. The molecule has 0 radical (unpaired) electrons. The highest BCUT2D eigenvalue weighted by atomic mass is 16.5. The number of hydrogen-bond donors (Lipinski definition) is 1. The van der Waals surface area contributed by atoms with Crippen LogP contribution in [0, 0.1) is 6.92 Å². The Balaban J connectivity index is 1.53. The van der Waals surface area contributed by atoms with Crippen LogP contribution in [-0.2, 0) is 22.6 Å². The lowest BCUT2D eigenvalue weighted by Crippen LogP contribution is -2.44. The molecule has 0 saturated carbocycles. The minimum absolute atomic E-state index is 0.265. The number of amides is 1. The number of anilines is 3. The number of carbonyl (C=O) groups excluding carboxylic acids is 2. The maximum Gasteiger partial charge on any atom is 0.338 e. The molecule has 0 spiro atoms. The van der Waals surface area contributed by atoms with Gasteiger partial charge < -0.3 is 15.0 Å². The van der Waals surface area contributed by atoms with Gasteiger partial charge in [-0.3, -0.25) is 19.0 Å². The van der Waals surface area contributed by atoms with Crippen molar-refractivity contribution in [3.63, 3.8) is 0 Å². The Morgan fingerprint density at radius 1 is 1.00 bits per heavy atom. The lowest BCUT2D eigenvalue weighted by atomic mass is 10.2. The standard InChI is InChI=1S/C23H23N5O5/c1-3-33-22(32)16-6-8-17(9-7-16)24-19(29)14-28-21(31)20(30)27-13-12-26(23(27)25-28)18-10-4-15(2)5-11-18/h4-11H,3,12-14H2,1-2H3,(H,24,29). The molecule has 0 unspecified atom stereocenters. The zero-order chi connectivity index (χ0) is 23.5. The first-order chi connectivity index (χ1) is 15.9. The lowest BCUT2D eigenvalue weighted by molar-refractivity contribution is -0.117. The number of nitrogens with one attached hydrogen (secondary N) is 1. The van der Waals surface area contributed by atoms with Gasteiger partial charge in [0, 0.05) is 24.5 Å². The summed E-state index contributed by atoms with van der Waals surface area (Å²) in [4.78, 5) is 51.2. The summed E-state index contributed by atoms with van der Waals surface area (Å²) in [5.41, 5.74) is 1.14. The second-order valence-corrected chi connectivity index (χ2v) is 7.55. The second kappa shape index (κ2) is 9.11. The van der Waals surface area contributed by atoms with Gasteiger partial charge >= 0.3 is 17.1 Å². The van der Waals surface area contributed by atoms with Crippen LogP contribution in [0.3, 0.4) is 0 Å². The van der Waals surface area contributed by atoms with Gasteiger partial charge in [0.25, 0.3) is 0 Å². The Hall–Kier alpha value is -4.21. The van der Waals surface area contributed by atoms with Gasteiger partial charge in [-0.1, -0.05) is 17.7 Å². The number of benzene rings is 2. The number of esters is 1. The molecular formula is C23H23N5O5. The van der Waals surface area contributed by atoms with E-state index in [1.54, 1.807) is 19.1 Å². The van der Waals surface area contributed by atoms with E-state index < -0.39 is 29.5 Å². The number of fused-ring (bicyclic) bond motifs is 1. The van der Waals surface area contributed by atoms with Gasteiger partial charge in [0.1, 0.15) is 6.54 Å². The molecule has 1 N–H and O–H groups in total. The van der Waals surface area contributed by atoms with Crippen molar-refractivity contribution in [2.24, 2.45) is 0 Å². The van der Waals surface area contributed by atoms with Crippen molar-refractivity contribution < 1.29 is 14.3 Å². The summed E-state index contributed by atoms with van der Waals surface area (Å²) < 4.78 is 7.13. The minimum atomic E-state index is -0.864. The molecule has 10 nitrogen and oxygen atoms in total. The van der Waals surface area contributed by atoms with Crippen LogP contribution in [0.4, 0.5) is 17.3 Å². The van der Waals surface area contributed by atoms with Gasteiger partial charge in [0.2, 0.25) is 11.9 Å². The van der Waals surface area contributed by atoms with E-state index >= 15 is 0 Å². The van der Waals surface area contributed by atoms with E-state index in [1.165, 1.54) is 16.7 Å². The Morgan fingerprint density at radius 2 is 1.70 bits per heavy atom. The highest BCUT2D eigenvalue weighted by Gasteiger charge is 2.26. The second-order valence-electron chi connectivity index (χ2n) is 7.55. The van der Waals surface area contributed by atoms with Gasteiger partial charge in [-0.25, -0.2) is 9.48 Å². The summed E-state index contributed by atoms with van der Waals surface area (Å²) in [5, 5.41) is 6.94. The Kier molecular flexibility index (Phi) is 6.07. The fraction of sp³-hybridized carbons (Fsp3) is 0.261. The number of aromatic nitrogens is 3. The zero-order valence-electron chi connectivity index (χ0n) is 18.3. The number of carbonyl (C=O) groups is 2. The first-order valence-corrected chi connectivity index (χ1v) is 10.5. The molecule has 33 heavy (non-hydrogen) atoms. The third-order valence-corrected chi connectivity index (χ3v) is 5.22. The number of aryl methyl sites for hydroxylation is 1. The summed E-state index contributed by atoms with van der Waals surface area (Å²) in [6, 6.07) is 13.9. The molecule has 170 valence electrons. The summed E-state index contributed by atoms with van der Waals surface area (Å²) >= 11 is 0. The molecule has 10 heteroatoms. The van der Waals surface area contributed by atoms with E-state index in [9.17, 15) is 19.2 Å². The summed E-state index contributed by atoms with van der Waals surface area (Å²) in [6.45, 7) is 4.36. The van der Waals surface area contributed by atoms with Crippen molar-refractivity contribution in [1.82, 2.24) is 14.3 Å². The number of hydrogen-bond acceptors (Lipinski definition) is 7. The first kappa shape index (κ1) is 22.0. The Bertz CT molecular complexity index is 1310. The van der Waals surface area contributed by atoms with E-state index in [-0.39, 0.29) is 6.61 Å². The Morgan fingerprint density at radius 3 is 2.36 bits per heavy atom. The van der Waals surface area contributed by atoms with Crippen molar-refractivity contribution in [2.45, 2.75) is 26.9 Å². The van der Waals surface area contributed by atoms with E-state index in [0.717, 1.165) is 15.9 Å². The molecular weight excluding hydrogens is 426 g/mol. The van der Waals surface area contributed by atoms with Crippen LogP contribution in [0.25, 0.3) is 0 Å². The largest absolute Gasteiger partial charge is 0.462 e. The van der Waals surface area contributed by atoms with Gasteiger partial charge in [0.05, 0.1) is 12.2 Å². The third kappa shape index (κ3) is 4.54. The molecule has 1 aliphatic heterocycles. The van der Waals surface area contributed by atoms with Crippen molar-refractivity contribution >= 4 is 29.2 Å². The monoisotopic (exact) mass is 449 g/mol. The van der Waals surface area contributed by atoms with E-state index in [0.29, 0.717) is 30.3 Å². The summed E-state index contributed by atoms with van der Waals surface area (Å²) in [5.74, 6) is -0.671. The fourth-order valence-corrected chi connectivity index (χ4v) is 3.54. The van der Waals surface area contributed by atoms with E-state index in [2.05, 4.69) is 10.4 Å². The average molecular weight is 449 g/mol. The van der Waals surface area contributed by atoms with Crippen LogP contribution in [0.2, 0.25) is 0 Å². The van der Waals surface area contributed by atoms with Crippen molar-refractivity contribution in [1.29, 1.82) is 0 Å². The molecule has 0 atom stereocenters. The number of rotatable bonds is 6. The van der Waals surface area contributed by atoms with Crippen molar-refractivity contribution in [2.75, 3.05) is 23.4 Å². The Labute approximate surface area is 189 Å². The fourth-order valence-electron chi connectivity index (χ4n) is 3.54. The maximum absolute atomic E-state index is 12.6. The SMILES string of the molecule is CCOC(=O)c1ccc(NC(=O)Cn2nc3n(c(=O)c2=O)CCN3c2ccc(C)cc2)cc1. The van der Waals surface area contributed by atoms with Crippen LogP contribution in [-0.4, -0.2) is 39.4 Å². The molecule has 3 aromatic rings. The van der Waals surface area contributed by atoms with E-state index in [1.807, 2.05) is 36.1 Å². The quantitative estimate of drug-likeness (QED) is 0.450. The van der Waals surface area contributed by atoms with Gasteiger partial charge in [-0.05, 0) is 50.2 Å². The van der Waals surface area contributed by atoms with Crippen LogP contribution in [0.15, 0.2) is 58.1 Å². The maximum atomic E-state index is 12.6. The first-order valence-electron chi connectivity index (χ1n) is 10.5. The number of nitrogens with zero attached hydrogens (tertiary/aromatic N) is 4. The van der Waals surface area contributed by atoms with E-state index in [4.69, 9.17) is 4.74 Å². The molecule has 1 aromatic heterocycles.